The number of ether oxygens (including phenoxy) is 1. The van der Waals surface area contributed by atoms with Crippen LogP contribution in [0.4, 0.5) is 11.4 Å². The number of anilines is 2. The van der Waals surface area contributed by atoms with Crippen LogP contribution in [0.3, 0.4) is 0 Å². The topological polar surface area (TPSA) is 84.5 Å². The molecule has 0 aliphatic carbocycles. The van der Waals surface area contributed by atoms with Crippen molar-refractivity contribution in [1.29, 1.82) is 0 Å². The Morgan fingerprint density at radius 2 is 1.69 bits per heavy atom. The fourth-order valence-electron chi connectivity index (χ4n) is 2.66. The van der Waals surface area contributed by atoms with Crippen LogP contribution < -0.4 is 14.8 Å². The molecule has 0 heterocycles. The van der Waals surface area contributed by atoms with E-state index in [1.807, 2.05) is 25.1 Å². The molecule has 0 aromatic heterocycles. The summed E-state index contributed by atoms with van der Waals surface area (Å²) in [6.07, 6.45) is 0. The first-order valence-electron chi connectivity index (χ1n) is 8.63. The third-order valence-corrected chi connectivity index (χ3v) is 6.14. The van der Waals surface area contributed by atoms with Gasteiger partial charge >= 0.3 is 0 Å². The van der Waals surface area contributed by atoms with Crippen molar-refractivity contribution in [3.05, 3.63) is 82.3 Å². The second-order valence-corrected chi connectivity index (χ2v) is 8.81. The summed E-state index contributed by atoms with van der Waals surface area (Å²) in [5.41, 5.74) is 2.15. The largest absolute Gasteiger partial charge is 0.495 e. The minimum Gasteiger partial charge on any atom is -0.495 e. The molecule has 0 atom stereocenters. The number of aryl methyl sites for hydroxylation is 1. The highest BCUT2D eigenvalue weighted by Crippen LogP contribution is 2.28. The lowest BCUT2D eigenvalue weighted by Gasteiger charge is -2.14. The smallest absolute Gasteiger partial charge is 0.265 e. The van der Waals surface area contributed by atoms with Crippen LogP contribution in [0.1, 0.15) is 15.9 Å². The Kier molecular flexibility index (Phi) is 6.24. The van der Waals surface area contributed by atoms with E-state index in [9.17, 15) is 13.2 Å². The molecule has 0 radical (unpaired) electrons. The number of hydrogen-bond acceptors (Lipinski definition) is 4. The molecule has 1 amide bonds. The van der Waals surface area contributed by atoms with Crippen LogP contribution in [0, 0.1) is 6.92 Å². The van der Waals surface area contributed by atoms with E-state index in [0.29, 0.717) is 11.4 Å². The van der Waals surface area contributed by atoms with Crippen LogP contribution in [0.2, 0.25) is 0 Å². The van der Waals surface area contributed by atoms with E-state index < -0.39 is 15.9 Å². The Labute approximate surface area is 178 Å². The highest BCUT2D eigenvalue weighted by molar-refractivity contribution is 9.10. The normalized spacial score (nSPS) is 11.0. The average Bonchev–Trinajstić information content (AvgIpc) is 2.70. The Morgan fingerprint density at radius 3 is 2.34 bits per heavy atom. The van der Waals surface area contributed by atoms with Crippen LogP contribution in [0.15, 0.2) is 76.1 Å². The first-order valence-corrected chi connectivity index (χ1v) is 10.9. The highest BCUT2D eigenvalue weighted by Gasteiger charge is 2.22. The summed E-state index contributed by atoms with van der Waals surface area (Å²) in [7, 11) is -2.60. The van der Waals surface area contributed by atoms with Crippen LogP contribution >= 0.6 is 15.9 Å². The van der Waals surface area contributed by atoms with Gasteiger partial charge in [-0.3, -0.25) is 9.52 Å². The van der Waals surface area contributed by atoms with Gasteiger partial charge in [-0.25, -0.2) is 8.42 Å². The molecular weight excluding hydrogens is 456 g/mol. The zero-order valence-corrected chi connectivity index (χ0v) is 18.2. The second kappa shape index (κ2) is 8.67. The predicted molar refractivity (Wildman–Crippen MR) is 117 cm³/mol. The van der Waals surface area contributed by atoms with Gasteiger partial charge in [0, 0.05) is 21.4 Å². The van der Waals surface area contributed by atoms with E-state index in [4.69, 9.17) is 4.74 Å². The summed E-state index contributed by atoms with van der Waals surface area (Å²) in [5.74, 6) is -0.274. The molecule has 0 fully saturated rings. The number of rotatable bonds is 6. The van der Waals surface area contributed by atoms with Crippen molar-refractivity contribution in [1.82, 2.24) is 0 Å². The Hall–Kier alpha value is -2.84. The van der Waals surface area contributed by atoms with Crippen LogP contribution in [-0.4, -0.2) is 21.4 Å². The molecule has 2 N–H and O–H groups in total. The van der Waals surface area contributed by atoms with Gasteiger partial charge in [-0.2, -0.15) is 0 Å². The molecule has 0 bridgehead atoms. The minimum absolute atomic E-state index is 0.125. The number of carbonyl (C=O) groups excluding carboxylic acids is 1. The van der Waals surface area contributed by atoms with Crippen molar-refractivity contribution >= 4 is 43.2 Å². The maximum absolute atomic E-state index is 12.9. The number of amides is 1. The SMILES string of the molecule is COc1ccc(C(=O)Nc2ccccc2C)cc1S(=O)(=O)Nc1ccc(Br)cc1. The van der Waals surface area contributed by atoms with E-state index in [-0.39, 0.29) is 16.2 Å². The number of hydrogen-bond donors (Lipinski definition) is 2. The summed E-state index contributed by atoms with van der Waals surface area (Å²) < 4.78 is 34.4. The lowest BCUT2D eigenvalue weighted by molar-refractivity contribution is 0.102. The molecule has 0 unspecified atom stereocenters. The number of methoxy groups -OCH3 is 1. The summed E-state index contributed by atoms with van der Waals surface area (Å²) in [5, 5.41) is 2.80. The molecule has 0 saturated carbocycles. The van der Waals surface area contributed by atoms with Crippen molar-refractivity contribution in [2.45, 2.75) is 11.8 Å². The number of carbonyl (C=O) groups is 1. The van der Waals surface area contributed by atoms with Crippen molar-refractivity contribution in [3.8, 4) is 5.75 Å². The third-order valence-electron chi connectivity index (χ3n) is 4.21. The van der Waals surface area contributed by atoms with Crippen molar-refractivity contribution < 1.29 is 17.9 Å². The van der Waals surface area contributed by atoms with Crippen molar-refractivity contribution in [2.24, 2.45) is 0 Å². The van der Waals surface area contributed by atoms with Crippen molar-refractivity contribution in [3.63, 3.8) is 0 Å². The molecule has 0 aliphatic rings. The first kappa shape index (κ1) is 20.9. The number of sulfonamides is 1. The number of para-hydroxylation sites is 1. The molecular formula is C21H19BrN2O4S. The Balaban J connectivity index is 1.93. The molecule has 150 valence electrons. The van der Waals surface area contributed by atoms with E-state index in [1.165, 1.54) is 25.3 Å². The number of nitrogens with one attached hydrogen (secondary N) is 2. The number of halogens is 1. The molecule has 3 aromatic rings. The molecule has 6 nitrogen and oxygen atoms in total. The fraction of sp³-hybridized carbons (Fsp3) is 0.0952. The van der Waals surface area contributed by atoms with Crippen molar-refractivity contribution in [2.75, 3.05) is 17.1 Å². The Morgan fingerprint density at radius 1 is 1.00 bits per heavy atom. The maximum atomic E-state index is 12.9. The van der Waals surface area contributed by atoms with Crippen LogP contribution in [0.5, 0.6) is 5.75 Å². The van der Waals surface area contributed by atoms with Gasteiger partial charge in [-0.05, 0) is 61.0 Å². The predicted octanol–water partition coefficient (Wildman–Crippen LogP) is 4.82. The average molecular weight is 475 g/mol. The molecule has 3 aromatic carbocycles. The second-order valence-electron chi connectivity index (χ2n) is 6.25. The number of benzene rings is 3. The van der Waals surface area contributed by atoms with Crippen LogP contribution in [-0.2, 0) is 10.0 Å². The van der Waals surface area contributed by atoms with Gasteiger partial charge in [0.15, 0.2) is 0 Å². The lowest BCUT2D eigenvalue weighted by Crippen LogP contribution is -2.17. The van der Waals surface area contributed by atoms with Gasteiger partial charge in [-0.15, -0.1) is 0 Å². The zero-order chi connectivity index (χ0) is 21.0. The summed E-state index contributed by atoms with van der Waals surface area (Å²) in [4.78, 5) is 12.5. The van der Waals surface area contributed by atoms with Crippen LogP contribution in [0.25, 0.3) is 0 Å². The lowest BCUT2D eigenvalue weighted by atomic mass is 10.1. The van der Waals surface area contributed by atoms with Gasteiger partial charge in [0.2, 0.25) is 0 Å². The molecule has 3 rings (SSSR count). The standard InChI is InChI=1S/C21H19BrN2O4S/c1-14-5-3-4-6-18(14)23-21(25)15-7-12-19(28-2)20(13-15)29(26,27)24-17-10-8-16(22)9-11-17/h3-13,24H,1-2H3,(H,23,25). The monoisotopic (exact) mass is 474 g/mol. The quantitative estimate of drug-likeness (QED) is 0.536. The summed E-state index contributed by atoms with van der Waals surface area (Å²) in [6.45, 7) is 1.88. The molecule has 0 saturated heterocycles. The molecule has 0 aliphatic heterocycles. The van der Waals surface area contributed by atoms with E-state index in [1.54, 1.807) is 30.3 Å². The summed E-state index contributed by atoms with van der Waals surface area (Å²) >= 11 is 3.31. The maximum Gasteiger partial charge on any atom is 0.265 e. The van der Waals surface area contributed by atoms with Gasteiger partial charge in [-0.1, -0.05) is 34.1 Å². The molecule has 29 heavy (non-hydrogen) atoms. The summed E-state index contributed by atoms with van der Waals surface area (Å²) in [6, 6.07) is 18.3. The highest BCUT2D eigenvalue weighted by atomic mass is 79.9. The minimum atomic E-state index is -3.98. The van der Waals surface area contributed by atoms with Gasteiger partial charge in [0.25, 0.3) is 15.9 Å². The van der Waals surface area contributed by atoms with Gasteiger partial charge in [0.05, 0.1) is 7.11 Å². The van der Waals surface area contributed by atoms with E-state index in [0.717, 1.165) is 10.0 Å². The third kappa shape index (κ3) is 4.96. The van der Waals surface area contributed by atoms with Gasteiger partial charge < -0.3 is 10.1 Å². The molecule has 8 heteroatoms. The fourth-order valence-corrected chi connectivity index (χ4v) is 4.18. The van der Waals surface area contributed by atoms with E-state index in [2.05, 4.69) is 26.0 Å². The first-order chi connectivity index (χ1) is 13.8. The zero-order valence-electron chi connectivity index (χ0n) is 15.8. The van der Waals surface area contributed by atoms with Gasteiger partial charge in [0.1, 0.15) is 10.6 Å². The van der Waals surface area contributed by atoms with E-state index >= 15 is 0 Å². The molecule has 0 spiro atoms. The Bertz CT molecular complexity index is 1150.